The summed E-state index contributed by atoms with van der Waals surface area (Å²) in [5, 5.41) is 18.5. The van der Waals surface area contributed by atoms with E-state index in [0.29, 0.717) is 22.4 Å². The third-order valence-electron chi connectivity index (χ3n) is 3.77. The van der Waals surface area contributed by atoms with Crippen molar-refractivity contribution >= 4 is 23.2 Å². The van der Waals surface area contributed by atoms with E-state index in [-0.39, 0.29) is 17.6 Å². The maximum absolute atomic E-state index is 12.2. The lowest BCUT2D eigenvalue weighted by molar-refractivity contribution is -0.903. The Morgan fingerprint density at radius 1 is 1.27 bits per heavy atom. The fraction of sp³-hybridized carbons (Fsp3) is 0.467. The number of carbonyl (C=O) groups excluding carboxylic acids is 2. The first-order chi connectivity index (χ1) is 10.4. The van der Waals surface area contributed by atoms with Crippen LogP contribution in [0.2, 0.25) is 0 Å². The van der Waals surface area contributed by atoms with Crippen LogP contribution in [0.3, 0.4) is 0 Å². The highest BCUT2D eigenvalue weighted by Crippen LogP contribution is 2.26. The van der Waals surface area contributed by atoms with Crippen molar-refractivity contribution in [3.05, 3.63) is 18.2 Å². The molecule has 1 aromatic rings. The van der Waals surface area contributed by atoms with Crippen LogP contribution in [0.5, 0.6) is 5.75 Å². The topological polar surface area (TPSA) is 90.5 Å². The van der Waals surface area contributed by atoms with E-state index < -0.39 is 0 Å². The molecule has 2 amide bonds. The van der Waals surface area contributed by atoms with Gasteiger partial charge in [-0.25, -0.2) is 0 Å². The lowest BCUT2D eigenvalue weighted by atomic mass is 10.2. The van der Waals surface area contributed by atoms with E-state index in [2.05, 4.69) is 23.0 Å². The average molecular weight is 307 g/mol. The molecule has 0 spiro atoms. The van der Waals surface area contributed by atoms with Crippen molar-refractivity contribution < 1.29 is 19.2 Å². The van der Waals surface area contributed by atoms with Crippen molar-refractivity contribution in [1.29, 1.82) is 0 Å². The second-order valence-corrected chi connectivity index (χ2v) is 5.94. The van der Waals surface area contributed by atoms with Gasteiger partial charge in [0.15, 0.2) is 6.54 Å². The van der Waals surface area contributed by atoms with E-state index in [0.717, 1.165) is 26.2 Å². The van der Waals surface area contributed by atoms with E-state index in [1.165, 1.54) is 13.0 Å². The van der Waals surface area contributed by atoms with Crippen molar-refractivity contribution in [2.24, 2.45) is 0 Å². The molecule has 7 nitrogen and oxygen atoms in total. The molecule has 22 heavy (non-hydrogen) atoms. The average Bonchev–Trinajstić information content (AvgIpc) is 2.41. The van der Waals surface area contributed by atoms with E-state index >= 15 is 0 Å². The molecule has 0 aromatic heterocycles. The van der Waals surface area contributed by atoms with Crippen LogP contribution in [0.1, 0.15) is 6.92 Å². The van der Waals surface area contributed by atoms with E-state index in [9.17, 15) is 14.7 Å². The summed E-state index contributed by atoms with van der Waals surface area (Å²) in [5.41, 5.74) is 0.838. The molecule has 1 fully saturated rings. The number of quaternary nitrogens is 1. The molecule has 0 aliphatic carbocycles. The first-order valence-electron chi connectivity index (χ1n) is 7.33. The second kappa shape index (κ2) is 6.76. The summed E-state index contributed by atoms with van der Waals surface area (Å²) in [7, 11) is 2.06. The molecule has 0 saturated carbocycles. The fourth-order valence-electron chi connectivity index (χ4n) is 2.55. The van der Waals surface area contributed by atoms with Gasteiger partial charge in [0.25, 0.3) is 5.91 Å². The number of aromatic hydroxyl groups is 1. The minimum absolute atomic E-state index is 0.0671. The van der Waals surface area contributed by atoms with Crippen LogP contribution in [0.25, 0.3) is 0 Å². The Bertz CT molecular complexity index is 568. The van der Waals surface area contributed by atoms with E-state index in [1.54, 1.807) is 12.1 Å². The number of benzene rings is 1. The number of hydrogen-bond donors (Lipinski definition) is 4. The standard InChI is InChI=1S/C15H22N4O3/c1-11(20)17-12-3-4-13(14(21)9-12)18-15(22)10-19(2)7-5-16-6-8-19/h3-4,9,16H,5-8,10H2,1-2H3,(H2-,17,18,20,21,22)/p+1. The number of phenolic OH excluding ortho intramolecular Hbond substituents is 1. The van der Waals surface area contributed by atoms with Gasteiger partial charge in [-0.2, -0.15) is 0 Å². The molecular formula is C15H23N4O3+. The van der Waals surface area contributed by atoms with Crippen molar-refractivity contribution in [2.45, 2.75) is 6.92 Å². The smallest absolute Gasteiger partial charge is 0.279 e. The highest BCUT2D eigenvalue weighted by atomic mass is 16.3. The molecule has 0 bridgehead atoms. The van der Waals surface area contributed by atoms with Gasteiger partial charge >= 0.3 is 0 Å². The maximum Gasteiger partial charge on any atom is 0.279 e. The van der Waals surface area contributed by atoms with Gasteiger partial charge in [-0.3, -0.25) is 9.59 Å². The Hall–Kier alpha value is -2.12. The molecule has 7 heteroatoms. The van der Waals surface area contributed by atoms with Gasteiger partial charge in [0.2, 0.25) is 5.91 Å². The molecular weight excluding hydrogens is 284 g/mol. The normalized spacial score (nSPS) is 16.8. The highest BCUT2D eigenvalue weighted by Gasteiger charge is 2.27. The molecule has 1 aliphatic heterocycles. The third-order valence-corrected chi connectivity index (χ3v) is 3.77. The molecule has 1 aliphatic rings. The quantitative estimate of drug-likeness (QED) is 0.477. The Labute approximate surface area is 129 Å². The first kappa shape index (κ1) is 16.3. The second-order valence-electron chi connectivity index (χ2n) is 5.94. The maximum atomic E-state index is 12.2. The van der Waals surface area contributed by atoms with Gasteiger partial charge < -0.3 is 25.5 Å². The van der Waals surface area contributed by atoms with Crippen LogP contribution in [0.4, 0.5) is 11.4 Å². The van der Waals surface area contributed by atoms with Gasteiger partial charge in [0, 0.05) is 31.8 Å². The third kappa shape index (κ3) is 4.44. The predicted octanol–water partition coefficient (Wildman–Crippen LogP) is 0.339. The predicted molar refractivity (Wildman–Crippen MR) is 84.7 cm³/mol. The zero-order valence-corrected chi connectivity index (χ0v) is 13.0. The number of carbonyl (C=O) groups is 2. The summed E-state index contributed by atoms with van der Waals surface area (Å²) < 4.78 is 0.684. The summed E-state index contributed by atoms with van der Waals surface area (Å²) >= 11 is 0. The van der Waals surface area contributed by atoms with Crippen LogP contribution in [-0.4, -0.2) is 61.2 Å². The van der Waals surface area contributed by atoms with Crippen molar-refractivity contribution in [2.75, 3.05) is 50.4 Å². The monoisotopic (exact) mass is 307 g/mol. The number of nitrogens with one attached hydrogen (secondary N) is 3. The summed E-state index contributed by atoms with van der Waals surface area (Å²) in [5.74, 6) is -0.415. The Morgan fingerprint density at radius 3 is 2.55 bits per heavy atom. The number of anilines is 2. The Morgan fingerprint density at radius 2 is 1.95 bits per heavy atom. The Balaban J connectivity index is 1.97. The van der Waals surface area contributed by atoms with E-state index in [1.807, 2.05) is 0 Å². The summed E-state index contributed by atoms with van der Waals surface area (Å²) in [6.07, 6.45) is 0. The largest absolute Gasteiger partial charge is 0.506 e. The first-order valence-corrected chi connectivity index (χ1v) is 7.33. The van der Waals surface area contributed by atoms with Gasteiger partial charge in [-0.1, -0.05) is 0 Å². The molecule has 2 rings (SSSR count). The molecule has 0 radical (unpaired) electrons. The molecule has 1 saturated heterocycles. The van der Waals surface area contributed by atoms with Crippen molar-refractivity contribution in [3.63, 3.8) is 0 Å². The molecule has 0 atom stereocenters. The number of phenols is 1. The minimum Gasteiger partial charge on any atom is -0.506 e. The summed E-state index contributed by atoms with van der Waals surface area (Å²) in [6, 6.07) is 4.63. The molecule has 0 unspecified atom stereocenters. The SMILES string of the molecule is CC(=O)Nc1ccc(NC(=O)C[N+]2(C)CCNCC2)c(O)c1. The van der Waals surface area contributed by atoms with Gasteiger partial charge in [0.05, 0.1) is 25.8 Å². The van der Waals surface area contributed by atoms with Crippen LogP contribution < -0.4 is 16.0 Å². The van der Waals surface area contributed by atoms with Crippen molar-refractivity contribution in [1.82, 2.24) is 5.32 Å². The zero-order valence-electron chi connectivity index (χ0n) is 13.0. The van der Waals surface area contributed by atoms with Gasteiger partial charge in [-0.15, -0.1) is 0 Å². The minimum atomic E-state index is -0.215. The number of hydrogen-bond acceptors (Lipinski definition) is 4. The van der Waals surface area contributed by atoms with Crippen molar-refractivity contribution in [3.8, 4) is 5.75 Å². The number of rotatable bonds is 4. The Kier molecular flexibility index (Phi) is 4.99. The van der Waals surface area contributed by atoms with Gasteiger partial charge in [0.1, 0.15) is 5.75 Å². The van der Waals surface area contributed by atoms with Crippen LogP contribution in [-0.2, 0) is 9.59 Å². The lowest BCUT2D eigenvalue weighted by Crippen LogP contribution is -2.58. The molecule has 1 heterocycles. The zero-order chi connectivity index (χ0) is 16.2. The van der Waals surface area contributed by atoms with Crippen LogP contribution in [0, 0.1) is 0 Å². The highest BCUT2D eigenvalue weighted by molar-refractivity contribution is 5.94. The number of piperazine rings is 1. The summed E-state index contributed by atoms with van der Waals surface area (Å²) in [6.45, 7) is 5.38. The molecule has 1 aromatic carbocycles. The lowest BCUT2D eigenvalue weighted by Gasteiger charge is -2.37. The molecule has 120 valence electrons. The van der Waals surface area contributed by atoms with E-state index in [4.69, 9.17) is 0 Å². The number of likely N-dealkylation sites (N-methyl/N-ethyl adjacent to an activating group) is 1. The number of nitrogens with zero attached hydrogens (tertiary/aromatic N) is 1. The van der Waals surface area contributed by atoms with Crippen LogP contribution in [0.15, 0.2) is 18.2 Å². The number of amides is 2. The van der Waals surface area contributed by atoms with Gasteiger partial charge in [-0.05, 0) is 12.1 Å². The molecule has 4 N–H and O–H groups in total. The van der Waals surface area contributed by atoms with Crippen LogP contribution >= 0.6 is 0 Å². The summed E-state index contributed by atoms with van der Waals surface area (Å²) in [4.78, 5) is 23.1. The fourth-order valence-corrected chi connectivity index (χ4v) is 2.55.